The third-order valence-corrected chi connectivity index (χ3v) is 4.24. The van der Waals surface area contributed by atoms with Crippen LogP contribution in [0.1, 0.15) is 30.7 Å². The van der Waals surface area contributed by atoms with Crippen LogP contribution >= 0.6 is 15.9 Å². The van der Waals surface area contributed by atoms with E-state index in [0.717, 1.165) is 35.3 Å². The summed E-state index contributed by atoms with van der Waals surface area (Å²) in [6.45, 7) is 2.74. The van der Waals surface area contributed by atoms with Crippen molar-refractivity contribution in [1.82, 2.24) is 24.8 Å². The van der Waals surface area contributed by atoms with Crippen molar-refractivity contribution in [3.8, 4) is 0 Å². The molecule has 4 rings (SSSR count). The fourth-order valence-corrected chi connectivity index (χ4v) is 3.10. The van der Waals surface area contributed by atoms with Gasteiger partial charge in [0.2, 0.25) is 11.8 Å². The summed E-state index contributed by atoms with van der Waals surface area (Å²) in [6.07, 6.45) is 5.74. The zero-order valence-electron chi connectivity index (χ0n) is 11.4. The molecular weight excluding hydrogens is 336 g/mol. The van der Waals surface area contributed by atoms with E-state index in [9.17, 15) is 0 Å². The minimum absolute atomic E-state index is 0.0999. The van der Waals surface area contributed by atoms with E-state index in [1.165, 1.54) is 0 Å². The van der Waals surface area contributed by atoms with Gasteiger partial charge in [0, 0.05) is 19.7 Å². The maximum Gasteiger partial charge on any atom is 0.238 e. The average Bonchev–Trinajstić information content (AvgIpc) is 3.19. The van der Waals surface area contributed by atoms with Crippen LogP contribution in [0, 0.1) is 6.92 Å². The van der Waals surface area contributed by atoms with E-state index in [4.69, 9.17) is 4.42 Å². The highest BCUT2D eigenvalue weighted by atomic mass is 79.9. The van der Waals surface area contributed by atoms with Crippen molar-refractivity contribution < 1.29 is 4.42 Å². The molecule has 1 aliphatic rings. The van der Waals surface area contributed by atoms with Crippen molar-refractivity contribution in [2.75, 3.05) is 11.4 Å². The second-order valence-corrected chi connectivity index (χ2v) is 5.91. The summed E-state index contributed by atoms with van der Waals surface area (Å²) >= 11 is 3.47. The molecule has 21 heavy (non-hydrogen) atoms. The van der Waals surface area contributed by atoms with E-state index < -0.39 is 0 Å². The molecule has 1 fully saturated rings. The van der Waals surface area contributed by atoms with Crippen LogP contribution in [0.4, 0.5) is 5.82 Å². The van der Waals surface area contributed by atoms with E-state index in [1.807, 2.05) is 19.2 Å². The first-order valence-corrected chi connectivity index (χ1v) is 7.58. The van der Waals surface area contributed by atoms with Gasteiger partial charge in [-0.05, 0) is 34.8 Å². The molecule has 0 saturated carbocycles. The Hall–Kier alpha value is -1.96. The van der Waals surface area contributed by atoms with E-state index >= 15 is 0 Å². The Morgan fingerprint density at radius 2 is 2.29 bits per heavy atom. The lowest BCUT2D eigenvalue weighted by Crippen LogP contribution is -2.24. The Morgan fingerprint density at radius 3 is 3.10 bits per heavy atom. The molecule has 0 bridgehead atoms. The van der Waals surface area contributed by atoms with E-state index in [1.54, 1.807) is 10.7 Å². The molecular formula is C13H13BrN6O. The summed E-state index contributed by atoms with van der Waals surface area (Å²) in [5, 5.41) is 12.3. The molecule has 1 atom stereocenters. The van der Waals surface area contributed by atoms with E-state index in [-0.39, 0.29) is 6.04 Å². The summed E-state index contributed by atoms with van der Waals surface area (Å²) in [6, 6.07) is 2.07. The highest BCUT2D eigenvalue weighted by Crippen LogP contribution is 2.34. The molecule has 1 aliphatic heterocycles. The molecule has 0 spiro atoms. The van der Waals surface area contributed by atoms with Gasteiger partial charge < -0.3 is 9.32 Å². The highest BCUT2D eigenvalue weighted by molar-refractivity contribution is 9.10. The third kappa shape index (κ3) is 2.10. The molecule has 0 aliphatic carbocycles. The molecule has 3 aromatic rings. The summed E-state index contributed by atoms with van der Waals surface area (Å²) in [7, 11) is 0. The van der Waals surface area contributed by atoms with E-state index in [2.05, 4.69) is 41.1 Å². The topological polar surface area (TPSA) is 72.4 Å². The van der Waals surface area contributed by atoms with Crippen LogP contribution in [0.3, 0.4) is 0 Å². The molecule has 0 aromatic carbocycles. The summed E-state index contributed by atoms with van der Waals surface area (Å²) < 4.78 is 8.23. The van der Waals surface area contributed by atoms with Crippen LogP contribution in [0.25, 0.3) is 5.65 Å². The zero-order chi connectivity index (χ0) is 14.4. The van der Waals surface area contributed by atoms with Crippen LogP contribution < -0.4 is 4.90 Å². The van der Waals surface area contributed by atoms with Crippen molar-refractivity contribution in [1.29, 1.82) is 0 Å². The Labute approximate surface area is 129 Å². The monoisotopic (exact) mass is 348 g/mol. The molecule has 0 unspecified atom stereocenters. The normalized spacial score (nSPS) is 18.8. The first kappa shape index (κ1) is 12.8. The number of aromatic nitrogens is 5. The van der Waals surface area contributed by atoms with Crippen LogP contribution in [-0.4, -0.2) is 31.3 Å². The first-order valence-electron chi connectivity index (χ1n) is 6.79. The van der Waals surface area contributed by atoms with Crippen LogP contribution in [-0.2, 0) is 0 Å². The number of aryl methyl sites for hydroxylation is 1. The SMILES string of the molecule is Cc1nnc([C@H]2CCCN2c2ccn3ncc(Br)c3n2)o1. The summed E-state index contributed by atoms with van der Waals surface area (Å²) in [5.41, 5.74) is 0.805. The summed E-state index contributed by atoms with van der Waals surface area (Å²) in [4.78, 5) is 6.90. The van der Waals surface area contributed by atoms with Gasteiger partial charge in [-0.15, -0.1) is 10.2 Å². The van der Waals surface area contributed by atoms with Crippen molar-refractivity contribution in [3.05, 3.63) is 34.7 Å². The highest BCUT2D eigenvalue weighted by Gasteiger charge is 2.31. The number of nitrogens with zero attached hydrogens (tertiary/aromatic N) is 6. The smallest absolute Gasteiger partial charge is 0.238 e. The van der Waals surface area contributed by atoms with Crippen molar-refractivity contribution in [2.24, 2.45) is 0 Å². The number of hydrogen-bond donors (Lipinski definition) is 0. The molecule has 4 heterocycles. The van der Waals surface area contributed by atoms with Gasteiger partial charge in [-0.2, -0.15) is 5.10 Å². The quantitative estimate of drug-likeness (QED) is 0.708. The molecule has 108 valence electrons. The van der Waals surface area contributed by atoms with Crippen LogP contribution in [0.5, 0.6) is 0 Å². The molecule has 0 radical (unpaired) electrons. The first-order chi connectivity index (χ1) is 10.2. The lowest BCUT2D eigenvalue weighted by atomic mass is 10.2. The Kier molecular flexibility index (Phi) is 2.91. The van der Waals surface area contributed by atoms with Crippen LogP contribution in [0.15, 0.2) is 27.3 Å². The van der Waals surface area contributed by atoms with Gasteiger partial charge in [0.25, 0.3) is 0 Å². The number of halogens is 1. The number of fused-ring (bicyclic) bond motifs is 1. The minimum Gasteiger partial charge on any atom is -0.423 e. The number of anilines is 1. The number of hydrogen-bond acceptors (Lipinski definition) is 6. The molecule has 3 aromatic heterocycles. The summed E-state index contributed by atoms with van der Waals surface area (Å²) in [5.74, 6) is 2.17. The fourth-order valence-electron chi connectivity index (χ4n) is 2.74. The molecule has 0 N–H and O–H groups in total. The van der Waals surface area contributed by atoms with Crippen molar-refractivity contribution >= 4 is 27.4 Å². The third-order valence-electron chi connectivity index (χ3n) is 3.69. The van der Waals surface area contributed by atoms with Gasteiger partial charge in [0.05, 0.1) is 10.7 Å². The molecule has 7 nitrogen and oxygen atoms in total. The largest absolute Gasteiger partial charge is 0.423 e. The Balaban J connectivity index is 1.74. The zero-order valence-corrected chi connectivity index (χ0v) is 13.0. The van der Waals surface area contributed by atoms with Gasteiger partial charge in [-0.3, -0.25) is 0 Å². The van der Waals surface area contributed by atoms with E-state index in [0.29, 0.717) is 11.8 Å². The lowest BCUT2D eigenvalue weighted by molar-refractivity contribution is 0.429. The van der Waals surface area contributed by atoms with Crippen molar-refractivity contribution in [3.63, 3.8) is 0 Å². The van der Waals surface area contributed by atoms with Gasteiger partial charge in [-0.25, -0.2) is 9.50 Å². The second kappa shape index (κ2) is 4.80. The molecule has 8 heteroatoms. The fraction of sp³-hybridized carbons (Fsp3) is 0.385. The van der Waals surface area contributed by atoms with Crippen molar-refractivity contribution in [2.45, 2.75) is 25.8 Å². The molecule has 1 saturated heterocycles. The lowest BCUT2D eigenvalue weighted by Gasteiger charge is -2.22. The van der Waals surface area contributed by atoms with Gasteiger partial charge >= 0.3 is 0 Å². The van der Waals surface area contributed by atoms with Gasteiger partial charge in [-0.1, -0.05) is 0 Å². The maximum atomic E-state index is 5.60. The number of rotatable bonds is 2. The Morgan fingerprint density at radius 1 is 1.38 bits per heavy atom. The van der Waals surface area contributed by atoms with Gasteiger partial charge in [0.1, 0.15) is 11.9 Å². The van der Waals surface area contributed by atoms with Crippen LogP contribution in [0.2, 0.25) is 0 Å². The second-order valence-electron chi connectivity index (χ2n) is 5.06. The molecule has 0 amide bonds. The standard InChI is InChI=1S/C13H13BrN6O/c1-8-17-18-13(21-8)10-3-2-5-19(10)11-4-6-20-12(16-11)9(14)7-15-20/h4,6-7,10H,2-3,5H2,1H3/t10-/m1/s1. The maximum absolute atomic E-state index is 5.60. The predicted octanol–water partition coefficient (Wildman–Crippen LogP) is 2.52. The predicted molar refractivity (Wildman–Crippen MR) is 79.0 cm³/mol. The van der Waals surface area contributed by atoms with Gasteiger partial charge in [0.15, 0.2) is 5.65 Å². The Bertz CT molecular complexity index is 797. The average molecular weight is 349 g/mol. The minimum atomic E-state index is 0.0999.